The lowest BCUT2D eigenvalue weighted by Gasteiger charge is -2.34. The Morgan fingerprint density at radius 2 is 1.72 bits per heavy atom. The van der Waals surface area contributed by atoms with Crippen LogP contribution >= 0.6 is 0 Å². The maximum Gasteiger partial charge on any atom is 0.228 e. The number of hydrogen-bond acceptors (Lipinski definition) is 4. The first-order valence-corrected chi connectivity index (χ1v) is 10.1. The molecule has 2 heterocycles. The summed E-state index contributed by atoms with van der Waals surface area (Å²) in [5.41, 5.74) is 2.55. The number of amides is 1. The first kappa shape index (κ1) is 19.4. The Kier molecular flexibility index (Phi) is 5.76. The lowest BCUT2D eigenvalue weighted by Crippen LogP contribution is -2.40. The fourth-order valence-corrected chi connectivity index (χ4v) is 3.94. The monoisotopic (exact) mass is 390 g/mol. The van der Waals surface area contributed by atoms with Crippen molar-refractivity contribution in [1.82, 2.24) is 9.88 Å². The SMILES string of the molecule is Cc1oc(-c2ccccc2)nc1CC(=O)N1CCC(C(O)c2ccccc2)CC1. The lowest BCUT2D eigenvalue weighted by atomic mass is 9.87. The molecule has 5 nitrogen and oxygen atoms in total. The number of piperidine rings is 1. The van der Waals surface area contributed by atoms with Crippen LogP contribution in [0.3, 0.4) is 0 Å². The van der Waals surface area contributed by atoms with E-state index in [1.807, 2.05) is 72.5 Å². The van der Waals surface area contributed by atoms with Crippen LogP contribution in [0.25, 0.3) is 11.5 Å². The third kappa shape index (κ3) is 4.40. The molecule has 1 aromatic heterocycles. The van der Waals surface area contributed by atoms with Gasteiger partial charge in [0.1, 0.15) is 5.76 Å². The van der Waals surface area contributed by atoms with Gasteiger partial charge in [-0.1, -0.05) is 48.5 Å². The smallest absolute Gasteiger partial charge is 0.228 e. The topological polar surface area (TPSA) is 66.6 Å². The number of rotatable bonds is 5. The molecule has 0 radical (unpaired) electrons. The Hall–Kier alpha value is -2.92. The Labute approximate surface area is 171 Å². The molecule has 1 aliphatic rings. The van der Waals surface area contributed by atoms with Crippen LogP contribution in [-0.2, 0) is 11.2 Å². The van der Waals surface area contributed by atoms with Crippen LogP contribution in [0, 0.1) is 12.8 Å². The fourth-order valence-electron chi connectivity index (χ4n) is 3.94. The van der Waals surface area contributed by atoms with Gasteiger partial charge in [0.15, 0.2) is 0 Å². The largest absolute Gasteiger partial charge is 0.441 e. The second kappa shape index (κ2) is 8.62. The molecule has 1 saturated heterocycles. The minimum Gasteiger partial charge on any atom is -0.441 e. The molecule has 1 fully saturated rings. The number of carbonyl (C=O) groups excluding carboxylic acids is 1. The quantitative estimate of drug-likeness (QED) is 0.710. The van der Waals surface area contributed by atoms with Crippen molar-refractivity contribution in [3.05, 3.63) is 77.7 Å². The third-order valence-electron chi connectivity index (χ3n) is 5.71. The first-order valence-electron chi connectivity index (χ1n) is 10.1. The molecular formula is C24H26N2O3. The molecule has 0 bridgehead atoms. The highest BCUT2D eigenvalue weighted by molar-refractivity contribution is 5.78. The third-order valence-corrected chi connectivity index (χ3v) is 5.71. The molecule has 150 valence electrons. The van der Waals surface area contributed by atoms with E-state index < -0.39 is 6.10 Å². The van der Waals surface area contributed by atoms with E-state index in [9.17, 15) is 9.90 Å². The van der Waals surface area contributed by atoms with E-state index in [0.717, 1.165) is 24.0 Å². The van der Waals surface area contributed by atoms with E-state index in [2.05, 4.69) is 4.98 Å². The van der Waals surface area contributed by atoms with Gasteiger partial charge in [-0.05, 0) is 43.4 Å². The molecule has 29 heavy (non-hydrogen) atoms. The second-order valence-electron chi connectivity index (χ2n) is 7.64. The van der Waals surface area contributed by atoms with Crippen LogP contribution in [0.4, 0.5) is 0 Å². The summed E-state index contributed by atoms with van der Waals surface area (Å²) in [7, 11) is 0. The first-order chi connectivity index (χ1) is 14.1. The van der Waals surface area contributed by atoms with Gasteiger partial charge in [0, 0.05) is 18.7 Å². The molecule has 5 heteroatoms. The number of carbonyl (C=O) groups is 1. The summed E-state index contributed by atoms with van der Waals surface area (Å²) in [5, 5.41) is 10.6. The van der Waals surface area contributed by atoms with Crippen LogP contribution in [0.1, 0.15) is 36.0 Å². The molecule has 0 aliphatic carbocycles. The second-order valence-corrected chi connectivity index (χ2v) is 7.64. The molecule has 1 unspecified atom stereocenters. The summed E-state index contributed by atoms with van der Waals surface area (Å²) < 4.78 is 5.77. The number of benzene rings is 2. The van der Waals surface area contributed by atoms with E-state index >= 15 is 0 Å². The zero-order valence-electron chi connectivity index (χ0n) is 16.6. The standard InChI is InChI=1S/C24H26N2O3/c1-17-21(25-24(29-17)20-10-6-3-7-11-20)16-22(27)26-14-12-19(13-15-26)23(28)18-8-4-2-5-9-18/h2-11,19,23,28H,12-16H2,1H3. The number of aryl methyl sites for hydroxylation is 1. The normalized spacial score (nSPS) is 16.0. The zero-order valence-corrected chi connectivity index (χ0v) is 16.6. The number of aromatic nitrogens is 1. The number of likely N-dealkylation sites (tertiary alicyclic amines) is 1. The van der Waals surface area contributed by atoms with Gasteiger partial charge in [0.05, 0.1) is 18.2 Å². The van der Waals surface area contributed by atoms with Gasteiger partial charge in [0.2, 0.25) is 11.8 Å². The van der Waals surface area contributed by atoms with E-state index in [4.69, 9.17) is 4.42 Å². The van der Waals surface area contributed by atoms with Crippen molar-refractivity contribution in [2.24, 2.45) is 5.92 Å². The van der Waals surface area contributed by atoms with Gasteiger partial charge in [-0.2, -0.15) is 0 Å². The molecule has 1 amide bonds. The Morgan fingerprint density at radius 3 is 2.38 bits per heavy atom. The highest BCUT2D eigenvalue weighted by Gasteiger charge is 2.29. The zero-order chi connectivity index (χ0) is 20.2. The number of hydrogen-bond donors (Lipinski definition) is 1. The van der Waals surface area contributed by atoms with Gasteiger partial charge in [-0.15, -0.1) is 0 Å². The van der Waals surface area contributed by atoms with Crippen molar-refractivity contribution in [2.45, 2.75) is 32.3 Å². The van der Waals surface area contributed by atoms with Gasteiger partial charge in [0.25, 0.3) is 0 Å². The van der Waals surface area contributed by atoms with Gasteiger partial charge in [-0.3, -0.25) is 4.79 Å². The minimum absolute atomic E-state index is 0.0636. The average Bonchev–Trinajstić information content (AvgIpc) is 3.14. The number of oxazole rings is 1. The van der Waals surface area contributed by atoms with Crippen LogP contribution in [0.2, 0.25) is 0 Å². The summed E-state index contributed by atoms with van der Waals surface area (Å²) in [6.07, 6.45) is 1.37. The van der Waals surface area contributed by atoms with Gasteiger partial charge < -0.3 is 14.4 Å². The summed E-state index contributed by atoms with van der Waals surface area (Å²) in [6, 6.07) is 19.5. The van der Waals surface area contributed by atoms with E-state index in [-0.39, 0.29) is 18.2 Å². The molecule has 2 aromatic carbocycles. The van der Waals surface area contributed by atoms with Crippen molar-refractivity contribution in [2.75, 3.05) is 13.1 Å². The van der Waals surface area contributed by atoms with Crippen molar-refractivity contribution in [1.29, 1.82) is 0 Å². The summed E-state index contributed by atoms with van der Waals surface area (Å²) in [5.74, 6) is 1.48. The molecule has 4 rings (SSSR count). The van der Waals surface area contributed by atoms with E-state index in [0.29, 0.717) is 30.4 Å². The molecule has 0 spiro atoms. The number of aliphatic hydroxyl groups is 1. The minimum atomic E-state index is -0.473. The summed E-state index contributed by atoms with van der Waals surface area (Å²) in [6.45, 7) is 3.18. The maximum absolute atomic E-state index is 12.8. The molecular weight excluding hydrogens is 364 g/mol. The van der Waals surface area contributed by atoms with Crippen LogP contribution < -0.4 is 0 Å². The highest BCUT2D eigenvalue weighted by atomic mass is 16.4. The summed E-state index contributed by atoms with van der Waals surface area (Å²) in [4.78, 5) is 19.2. The highest BCUT2D eigenvalue weighted by Crippen LogP contribution is 2.31. The van der Waals surface area contributed by atoms with Crippen molar-refractivity contribution in [3.63, 3.8) is 0 Å². The molecule has 1 atom stereocenters. The Morgan fingerprint density at radius 1 is 1.10 bits per heavy atom. The molecule has 3 aromatic rings. The fraction of sp³-hybridized carbons (Fsp3) is 0.333. The van der Waals surface area contributed by atoms with Crippen molar-refractivity contribution in [3.8, 4) is 11.5 Å². The van der Waals surface area contributed by atoms with Crippen LogP contribution in [0.15, 0.2) is 65.1 Å². The number of nitrogens with zero attached hydrogens (tertiary/aromatic N) is 2. The number of aliphatic hydroxyl groups excluding tert-OH is 1. The molecule has 1 aliphatic heterocycles. The van der Waals surface area contributed by atoms with Crippen molar-refractivity contribution < 1.29 is 14.3 Å². The predicted molar refractivity (Wildman–Crippen MR) is 111 cm³/mol. The van der Waals surface area contributed by atoms with Crippen LogP contribution in [-0.4, -0.2) is 34.0 Å². The van der Waals surface area contributed by atoms with E-state index in [1.54, 1.807) is 0 Å². The van der Waals surface area contributed by atoms with Gasteiger partial charge >= 0.3 is 0 Å². The Balaban J connectivity index is 1.35. The van der Waals surface area contributed by atoms with E-state index in [1.165, 1.54) is 0 Å². The molecule has 0 saturated carbocycles. The average molecular weight is 390 g/mol. The summed E-state index contributed by atoms with van der Waals surface area (Å²) >= 11 is 0. The van der Waals surface area contributed by atoms with Crippen LogP contribution in [0.5, 0.6) is 0 Å². The Bertz CT molecular complexity index is 945. The predicted octanol–water partition coefficient (Wildman–Crippen LogP) is 4.16. The maximum atomic E-state index is 12.8. The lowest BCUT2D eigenvalue weighted by molar-refractivity contribution is -0.132. The van der Waals surface area contributed by atoms with Gasteiger partial charge in [-0.25, -0.2) is 4.98 Å². The van der Waals surface area contributed by atoms with Crippen molar-refractivity contribution >= 4 is 5.91 Å². The molecule has 1 N–H and O–H groups in total.